The molecule has 198 valence electrons. The first-order chi connectivity index (χ1) is 21.2. The van der Waals surface area contributed by atoms with Gasteiger partial charge in [0.25, 0.3) is 0 Å². The second-order valence-corrected chi connectivity index (χ2v) is 11.8. The van der Waals surface area contributed by atoms with Gasteiger partial charge in [0.15, 0.2) is 0 Å². The maximum atomic E-state index is 10.4. The Morgan fingerprint density at radius 3 is 2.26 bits per heavy atom. The average Bonchev–Trinajstić information content (AvgIpc) is 3.72. The standard InChI is InChI=1S/C38H19N3OS/c39-20-22-12-15-32-28(18-22)29-19-23(13-16-33(29)42-32)36-24(21-40)6-5-10-31(36)41-30-9-3-1-7-25(30)26-14-17-35-37(38(26)41)27-8-2-4-11-34(27)43-35/h1-19H. The monoisotopic (exact) mass is 565 g/mol. The fourth-order valence-electron chi connectivity index (χ4n) is 6.64. The molecule has 5 heteroatoms. The van der Waals surface area contributed by atoms with E-state index in [1.54, 1.807) is 17.4 Å². The lowest BCUT2D eigenvalue weighted by Gasteiger charge is -2.16. The molecule has 3 heterocycles. The van der Waals surface area contributed by atoms with Crippen LogP contribution < -0.4 is 0 Å². The van der Waals surface area contributed by atoms with E-state index >= 15 is 0 Å². The molecular weight excluding hydrogens is 547 g/mol. The van der Waals surface area contributed by atoms with Gasteiger partial charge in [-0.3, -0.25) is 0 Å². The molecule has 9 aromatic rings. The quantitative estimate of drug-likeness (QED) is 0.209. The first-order valence-electron chi connectivity index (χ1n) is 14.0. The van der Waals surface area contributed by atoms with Crippen molar-refractivity contribution in [2.45, 2.75) is 0 Å². The van der Waals surface area contributed by atoms with Gasteiger partial charge in [-0.2, -0.15) is 10.5 Å². The molecule has 0 saturated heterocycles. The maximum absolute atomic E-state index is 10.4. The van der Waals surface area contributed by atoms with Crippen molar-refractivity contribution >= 4 is 75.3 Å². The van der Waals surface area contributed by atoms with E-state index in [2.05, 4.69) is 89.5 Å². The molecule has 9 rings (SSSR count). The fraction of sp³-hybridized carbons (Fsp3) is 0. The third-order valence-electron chi connectivity index (χ3n) is 8.47. The molecule has 0 saturated carbocycles. The van der Waals surface area contributed by atoms with E-state index in [4.69, 9.17) is 4.42 Å². The molecule has 0 atom stereocenters. The molecule has 0 spiro atoms. The highest BCUT2D eigenvalue weighted by Crippen LogP contribution is 2.45. The van der Waals surface area contributed by atoms with Crippen LogP contribution in [0.5, 0.6) is 0 Å². The van der Waals surface area contributed by atoms with Crippen LogP contribution in [0, 0.1) is 22.7 Å². The number of nitriles is 2. The number of hydrogen-bond donors (Lipinski definition) is 0. The zero-order chi connectivity index (χ0) is 28.7. The predicted octanol–water partition coefficient (Wildman–Crippen LogP) is 10.5. The topological polar surface area (TPSA) is 65.7 Å². The molecule has 3 aromatic heterocycles. The molecule has 0 aliphatic heterocycles. The summed E-state index contributed by atoms with van der Waals surface area (Å²) in [6, 6.07) is 43.8. The summed E-state index contributed by atoms with van der Waals surface area (Å²) in [6.45, 7) is 0. The van der Waals surface area contributed by atoms with Crippen molar-refractivity contribution in [2.75, 3.05) is 0 Å². The largest absolute Gasteiger partial charge is 0.456 e. The number of rotatable bonds is 2. The Morgan fingerprint density at radius 1 is 0.605 bits per heavy atom. The summed E-state index contributed by atoms with van der Waals surface area (Å²) in [6.07, 6.45) is 0. The van der Waals surface area contributed by atoms with Crippen LogP contribution in [-0.2, 0) is 0 Å². The first kappa shape index (κ1) is 23.8. The summed E-state index contributed by atoms with van der Waals surface area (Å²) in [5.41, 5.74) is 7.59. The average molecular weight is 566 g/mol. The fourth-order valence-corrected chi connectivity index (χ4v) is 7.75. The molecule has 4 nitrogen and oxygen atoms in total. The maximum Gasteiger partial charge on any atom is 0.135 e. The minimum absolute atomic E-state index is 0.580. The summed E-state index contributed by atoms with van der Waals surface area (Å²) in [5.74, 6) is 0. The van der Waals surface area contributed by atoms with E-state index in [9.17, 15) is 10.5 Å². The van der Waals surface area contributed by atoms with Crippen LogP contribution in [0.15, 0.2) is 120 Å². The van der Waals surface area contributed by atoms with Gasteiger partial charge >= 0.3 is 0 Å². The van der Waals surface area contributed by atoms with E-state index in [-0.39, 0.29) is 0 Å². The molecule has 6 aromatic carbocycles. The van der Waals surface area contributed by atoms with Gasteiger partial charge in [-0.05, 0) is 66.2 Å². The number of furan rings is 1. The molecule has 0 bridgehead atoms. The molecule has 0 fully saturated rings. The Bertz CT molecular complexity index is 2710. The van der Waals surface area contributed by atoms with Crippen LogP contribution in [0.3, 0.4) is 0 Å². The summed E-state index contributed by atoms with van der Waals surface area (Å²) in [4.78, 5) is 0. The van der Waals surface area contributed by atoms with Gasteiger partial charge in [0, 0.05) is 47.3 Å². The summed E-state index contributed by atoms with van der Waals surface area (Å²) >= 11 is 1.81. The molecular formula is C38H19N3OS. The first-order valence-corrected chi connectivity index (χ1v) is 14.8. The molecule has 0 amide bonds. The van der Waals surface area contributed by atoms with Crippen molar-refractivity contribution < 1.29 is 4.42 Å². The van der Waals surface area contributed by atoms with Crippen molar-refractivity contribution in [1.29, 1.82) is 10.5 Å². The zero-order valence-corrected chi connectivity index (χ0v) is 23.4. The highest BCUT2D eigenvalue weighted by atomic mass is 32.1. The van der Waals surface area contributed by atoms with E-state index in [1.165, 1.54) is 30.9 Å². The van der Waals surface area contributed by atoms with Gasteiger partial charge in [-0.25, -0.2) is 0 Å². The molecule has 0 radical (unpaired) electrons. The van der Waals surface area contributed by atoms with Crippen LogP contribution >= 0.6 is 11.3 Å². The number of benzene rings is 6. The lowest BCUT2D eigenvalue weighted by molar-refractivity contribution is 0.669. The van der Waals surface area contributed by atoms with Gasteiger partial charge in [0.2, 0.25) is 0 Å². The highest BCUT2D eigenvalue weighted by Gasteiger charge is 2.22. The molecule has 43 heavy (non-hydrogen) atoms. The summed E-state index contributed by atoms with van der Waals surface area (Å²) < 4.78 is 10.9. The third-order valence-corrected chi connectivity index (χ3v) is 9.60. The second kappa shape index (κ2) is 8.81. The molecule has 0 unspecified atom stereocenters. The van der Waals surface area contributed by atoms with Crippen LogP contribution in [-0.4, -0.2) is 4.57 Å². The van der Waals surface area contributed by atoms with Gasteiger partial charge in [-0.1, -0.05) is 54.6 Å². The Labute approximate surface area is 249 Å². The smallest absolute Gasteiger partial charge is 0.135 e. The summed E-state index contributed by atoms with van der Waals surface area (Å²) in [7, 11) is 0. The van der Waals surface area contributed by atoms with E-state index in [0.29, 0.717) is 11.1 Å². The highest BCUT2D eigenvalue weighted by molar-refractivity contribution is 7.26. The van der Waals surface area contributed by atoms with Crippen LogP contribution in [0.2, 0.25) is 0 Å². The van der Waals surface area contributed by atoms with Crippen molar-refractivity contribution in [3.63, 3.8) is 0 Å². The minimum Gasteiger partial charge on any atom is -0.456 e. The van der Waals surface area contributed by atoms with Crippen molar-refractivity contribution in [1.82, 2.24) is 4.57 Å². The second-order valence-electron chi connectivity index (χ2n) is 10.7. The van der Waals surface area contributed by atoms with Crippen molar-refractivity contribution in [3.8, 4) is 29.0 Å². The number of fused-ring (bicyclic) bond motifs is 10. The number of hydrogen-bond acceptors (Lipinski definition) is 4. The minimum atomic E-state index is 0.580. The SMILES string of the molecule is N#Cc1ccc2oc3ccc(-c4c(C#N)cccc4-n4c5ccccc5c5ccc6sc7ccccc7c6c54)cc3c2c1. The zero-order valence-electron chi connectivity index (χ0n) is 22.6. The predicted molar refractivity (Wildman–Crippen MR) is 176 cm³/mol. The molecule has 0 aliphatic carbocycles. The Morgan fingerprint density at radius 2 is 1.40 bits per heavy atom. The third kappa shape index (κ3) is 3.29. The lowest BCUT2D eigenvalue weighted by atomic mass is 9.96. The normalized spacial score (nSPS) is 11.7. The van der Waals surface area contributed by atoms with Gasteiger partial charge in [-0.15, -0.1) is 11.3 Å². The molecule has 0 aliphatic rings. The summed E-state index contributed by atoms with van der Waals surface area (Å²) in [5, 5.41) is 26.5. The van der Waals surface area contributed by atoms with Gasteiger partial charge < -0.3 is 8.98 Å². The Kier molecular flexibility index (Phi) is 4.87. The van der Waals surface area contributed by atoms with Crippen LogP contribution in [0.1, 0.15) is 11.1 Å². The van der Waals surface area contributed by atoms with Crippen molar-refractivity contribution in [3.05, 3.63) is 126 Å². The van der Waals surface area contributed by atoms with Crippen molar-refractivity contribution in [2.24, 2.45) is 0 Å². The van der Waals surface area contributed by atoms with Gasteiger partial charge in [0.05, 0.1) is 40.0 Å². The van der Waals surface area contributed by atoms with E-state index in [1.807, 2.05) is 36.4 Å². The number of thiophene rings is 1. The van der Waals surface area contributed by atoms with E-state index in [0.717, 1.165) is 49.8 Å². The van der Waals surface area contributed by atoms with Crippen LogP contribution in [0.25, 0.3) is 80.7 Å². The number of para-hydroxylation sites is 1. The van der Waals surface area contributed by atoms with Gasteiger partial charge in [0.1, 0.15) is 11.2 Å². The Balaban J connectivity index is 1.44. The molecule has 0 N–H and O–H groups in total. The Hall–Kier alpha value is -5.88. The van der Waals surface area contributed by atoms with Crippen LogP contribution in [0.4, 0.5) is 0 Å². The number of nitrogens with zero attached hydrogens (tertiary/aromatic N) is 3. The number of aromatic nitrogens is 1. The van der Waals surface area contributed by atoms with E-state index < -0.39 is 0 Å². The lowest BCUT2D eigenvalue weighted by Crippen LogP contribution is -1.99.